The Hall–Kier alpha value is -0.610. The van der Waals surface area contributed by atoms with Gasteiger partial charge in [-0.05, 0) is 19.8 Å². The van der Waals surface area contributed by atoms with Crippen LogP contribution in [0.15, 0.2) is 0 Å². The minimum absolute atomic E-state index is 0.202. The van der Waals surface area contributed by atoms with Crippen molar-refractivity contribution in [1.29, 1.82) is 0 Å². The van der Waals surface area contributed by atoms with Crippen LogP contribution in [0.4, 0.5) is 0 Å². The Morgan fingerprint density at radius 3 is 2.53 bits per heavy atom. The molecule has 1 unspecified atom stereocenters. The standard InChI is InChI=1S/C11H21NO3/c1-11(15,7-10(13)14)8-12-9-5-3-2-4-6-9/h9,12,15H,2-8H2,1H3,(H,13,14). The Morgan fingerprint density at radius 2 is 2.00 bits per heavy atom. The first-order valence-corrected chi connectivity index (χ1v) is 5.67. The summed E-state index contributed by atoms with van der Waals surface area (Å²) in [5.74, 6) is -0.953. The first-order chi connectivity index (χ1) is 6.99. The van der Waals surface area contributed by atoms with E-state index in [1.807, 2.05) is 0 Å². The number of aliphatic hydroxyl groups is 1. The van der Waals surface area contributed by atoms with Gasteiger partial charge in [0.25, 0.3) is 0 Å². The van der Waals surface area contributed by atoms with E-state index in [9.17, 15) is 9.90 Å². The number of rotatable bonds is 5. The zero-order valence-electron chi connectivity index (χ0n) is 9.33. The Morgan fingerprint density at radius 1 is 1.40 bits per heavy atom. The van der Waals surface area contributed by atoms with Crippen LogP contribution >= 0.6 is 0 Å². The van der Waals surface area contributed by atoms with E-state index in [0.717, 1.165) is 12.8 Å². The van der Waals surface area contributed by atoms with E-state index in [0.29, 0.717) is 12.6 Å². The van der Waals surface area contributed by atoms with Gasteiger partial charge in [-0.2, -0.15) is 0 Å². The number of carbonyl (C=O) groups is 1. The molecule has 15 heavy (non-hydrogen) atoms. The van der Waals surface area contributed by atoms with Gasteiger partial charge in [0.05, 0.1) is 12.0 Å². The number of aliphatic carboxylic acids is 1. The van der Waals surface area contributed by atoms with Gasteiger partial charge in [-0.3, -0.25) is 4.79 Å². The van der Waals surface area contributed by atoms with E-state index in [4.69, 9.17) is 5.11 Å². The van der Waals surface area contributed by atoms with Gasteiger partial charge in [0, 0.05) is 12.6 Å². The lowest BCUT2D eigenvalue weighted by molar-refractivity contribution is -0.141. The second-order valence-electron chi connectivity index (χ2n) is 4.78. The molecule has 0 aromatic rings. The lowest BCUT2D eigenvalue weighted by Gasteiger charge is -2.28. The molecule has 1 atom stereocenters. The highest BCUT2D eigenvalue weighted by Crippen LogP contribution is 2.18. The summed E-state index contributed by atoms with van der Waals surface area (Å²) in [4.78, 5) is 10.5. The highest BCUT2D eigenvalue weighted by atomic mass is 16.4. The molecule has 0 aromatic carbocycles. The zero-order chi connectivity index (χ0) is 11.3. The van der Waals surface area contributed by atoms with Gasteiger partial charge >= 0.3 is 5.97 Å². The lowest BCUT2D eigenvalue weighted by Crippen LogP contribution is -2.44. The summed E-state index contributed by atoms with van der Waals surface area (Å²) >= 11 is 0. The first-order valence-electron chi connectivity index (χ1n) is 5.67. The molecule has 0 radical (unpaired) electrons. The molecule has 0 saturated heterocycles. The number of hydrogen-bond donors (Lipinski definition) is 3. The predicted octanol–water partition coefficient (Wildman–Crippen LogP) is 1.13. The maximum atomic E-state index is 10.5. The van der Waals surface area contributed by atoms with Crippen LogP contribution in [0.3, 0.4) is 0 Å². The molecular weight excluding hydrogens is 194 g/mol. The monoisotopic (exact) mass is 215 g/mol. The topological polar surface area (TPSA) is 69.6 Å². The quantitative estimate of drug-likeness (QED) is 0.643. The molecule has 0 spiro atoms. The molecule has 1 saturated carbocycles. The average Bonchev–Trinajstić information content (AvgIpc) is 2.15. The Labute approximate surface area is 90.7 Å². The minimum atomic E-state index is -1.14. The second-order valence-corrected chi connectivity index (χ2v) is 4.78. The molecule has 0 heterocycles. The summed E-state index contributed by atoms with van der Waals surface area (Å²) < 4.78 is 0. The van der Waals surface area contributed by atoms with Crippen LogP contribution in [0.5, 0.6) is 0 Å². The van der Waals surface area contributed by atoms with E-state index in [1.54, 1.807) is 6.92 Å². The van der Waals surface area contributed by atoms with E-state index in [-0.39, 0.29) is 6.42 Å². The van der Waals surface area contributed by atoms with Crippen LogP contribution in [0.25, 0.3) is 0 Å². The van der Waals surface area contributed by atoms with Gasteiger partial charge in [-0.15, -0.1) is 0 Å². The van der Waals surface area contributed by atoms with Gasteiger partial charge < -0.3 is 15.5 Å². The maximum absolute atomic E-state index is 10.5. The number of carboxylic acid groups (broad SMARTS) is 1. The number of nitrogens with one attached hydrogen (secondary N) is 1. The largest absolute Gasteiger partial charge is 0.481 e. The maximum Gasteiger partial charge on any atom is 0.306 e. The smallest absolute Gasteiger partial charge is 0.306 e. The fourth-order valence-corrected chi connectivity index (χ4v) is 2.06. The van der Waals surface area contributed by atoms with Crippen molar-refractivity contribution < 1.29 is 15.0 Å². The fraction of sp³-hybridized carbons (Fsp3) is 0.909. The second kappa shape index (κ2) is 5.47. The SMILES string of the molecule is CC(O)(CNC1CCCCC1)CC(=O)O. The first kappa shape index (κ1) is 12.5. The van der Waals surface area contributed by atoms with E-state index in [1.165, 1.54) is 19.3 Å². The average molecular weight is 215 g/mol. The summed E-state index contributed by atoms with van der Waals surface area (Å²) in [6.07, 6.45) is 5.85. The Kier molecular flexibility index (Phi) is 4.54. The lowest BCUT2D eigenvalue weighted by atomic mass is 9.94. The molecule has 1 aliphatic carbocycles. The van der Waals surface area contributed by atoms with Gasteiger partial charge in [0.1, 0.15) is 0 Å². The minimum Gasteiger partial charge on any atom is -0.481 e. The van der Waals surface area contributed by atoms with Crippen LogP contribution in [0, 0.1) is 0 Å². The summed E-state index contributed by atoms with van der Waals surface area (Å²) in [5, 5.41) is 21.6. The third-order valence-electron chi connectivity index (χ3n) is 2.91. The molecule has 0 amide bonds. The van der Waals surface area contributed by atoms with Crippen molar-refractivity contribution in [3.8, 4) is 0 Å². The molecule has 88 valence electrons. The van der Waals surface area contributed by atoms with Gasteiger partial charge in [-0.25, -0.2) is 0 Å². The molecule has 4 heteroatoms. The van der Waals surface area contributed by atoms with Crippen molar-refractivity contribution >= 4 is 5.97 Å². The normalized spacial score (nSPS) is 22.3. The predicted molar refractivity (Wildman–Crippen MR) is 57.8 cm³/mol. The summed E-state index contributed by atoms with van der Waals surface area (Å²) in [6, 6.07) is 0.457. The molecule has 1 fully saturated rings. The Bertz CT molecular complexity index is 210. The van der Waals surface area contributed by atoms with E-state index < -0.39 is 11.6 Å². The summed E-state index contributed by atoms with van der Waals surface area (Å²) in [7, 11) is 0. The molecule has 1 aliphatic rings. The van der Waals surface area contributed by atoms with Gasteiger partial charge in [-0.1, -0.05) is 19.3 Å². The molecular formula is C11H21NO3. The van der Waals surface area contributed by atoms with Gasteiger partial charge in [0.2, 0.25) is 0 Å². The molecule has 0 bridgehead atoms. The number of hydrogen-bond acceptors (Lipinski definition) is 3. The third kappa shape index (κ3) is 5.14. The van der Waals surface area contributed by atoms with Crippen molar-refractivity contribution in [2.45, 2.75) is 57.1 Å². The third-order valence-corrected chi connectivity index (χ3v) is 2.91. The number of carboxylic acids is 1. The summed E-state index contributed by atoms with van der Waals surface area (Å²) in [6.45, 7) is 1.93. The van der Waals surface area contributed by atoms with E-state index in [2.05, 4.69) is 5.32 Å². The van der Waals surface area contributed by atoms with Crippen molar-refractivity contribution in [2.75, 3.05) is 6.54 Å². The van der Waals surface area contributed by atoms with Crippen molar-refractivity contribution in [2.24, 2.45) is 0 Å². The fourth-order valence-electron chi connectivity index (χ4n) is 2.06. The highest BCUT2D eigenvalue weighted by Gasteiger charge is 2.25. The van der Waals surface area contributed by atoms with Crippen LogP contribution in [0.1, 0.15) is 45.4 Å². The molecule has 4 nitrogen and oxygen atoms in total. The molecule has 0 aliphatic heterocycles. The van der Waals surface area contributed by atoms with Crippen LogP contribution in [0.2, 0.25) is 0 Å². The highest BCUT2D eigenvalue weighted by molar-refractivity contribution is 5.68. The molecule has 3 N–H and O–H groups in total. The van der Waals surface area contributed by atoms with Crippen molar-refractivity contribution in [1.82, 2.24) is 5.32 Å². The molecule has 0 aromatic heterocycles. The van der Waals surface area contributed by atoms with Crippen LogP contribution in [-0.2, 0) is 4.79 Å². The van der Waals surface area contributed by atoms with E-state index >= 15 is 0 Å². The zero-order valence-corrected chi connectivity index (χ0v) is 9.33. The van der Waals surface area contributed by atoms with Crippen LogP contribution in [-0.4, -0.2) is 34.4 Å². The Balaban J connectivity index is 2.24. The van der Waals surface area contributed by atoms with Crippen LogP contribution < -0.4 is 5.32 Å². The van der Waals surface area contributed by atoms with Crippen molar-refractivity contribution in [3.63, 3.8) is 0 Å². The van der Waals surface area contributed by atoms with Crippen molar-refractivity contribution in [3.05, 3.63) is 0 Å². The summed E-state index contributed by atoms with van der Waals surface area (Å²) in [5.41, 5.74) is -1.14. The van der Waals surface area contributed by atoms with Gasteiger partial charge in [0.15, 0.2) is 0 Å². The molecule has 1 rings (SSSR count).